The van der Waals surface area contributed by atoms with Gasteiger partial charge in [0.2, 0.25) is 0 Å². The molecule has 1 N–H and O–H groups in total. The Bertz CT molecular complexity index is 692. The fourth-order valence-corrected chi connectivity index (χ4v) is 2.43. The van der Waals surface area contributed by atoms with E-state index in [9.17, 15) is 4.79 Å². The van der Waals surface area contributed by atoms with Crippen molar-refractivity contribution in [3.63, 3.8) is 0 Å². The molecule has 0 fully saturated rings. The van der Waals surface area contributed by atoms with E-state index in [1.165, 1.54) is 0 Å². The highest BCUT2D eigenvalue weighted by atomic mass is 79.9. The van der Waals surface area contributed by atoms with Crippen LogP contribution in [-0.2, 0) is 0 Å². The number of hydrogen-bond donors (Lipinski definition) is 1. The van der Waals surface area contributed by atoms with Crippen molar-refractivity contribution in [3.05, 3.63) is 69.7 Å². The number of carbonyl (C=O) groups excluding carboxylic acids is 1. The van der Waals surface area contributed by atoms with Crippen molar-refractivity contribution in [2.24, 2.45) is 0 Å². The van der Waals surface area contributed by atoms with Crippen LogP contribution < -0.4 is 10.1 Å². The summed E-state index contributed by atoms with van der Waals surface area (Å²) in [6.07, 6.45) is 2.07. The zero-order valence-corrected chi connectivity index (χ0v) is 12.9. The summed E-state index contributed by atoms with van der Waals surface area (Å²) in [4.78, 5) is 12.0. The Kier molecular flexibility index (Phi) is 4.06. The zero-order valence-electron chi connectivity index (χ0n) is 11.3. The van der Waals surface area contributed by atoms with Crippen LogP contribution in [0.25, 0.3) is 6.08 Å². The summed E-state index contributed by atoms with van der Waals surface area (Å²) in [5.41, 5.74) is 2.76. The molecule has 0 aromatic heterocycles. The molecule has 0 radical (unpaired) electrons. The number of rotatable bonds is 3. The van der Waals surface area contributed by atoms with Gasteiger partial charge in [-0.25, -0.2) is 0 Å². The Labute approximate surface area is 131 Å². The molecular weight excluding hydrogens is 330 g/mol. The molecule has 1 heterocycles. The second-order valence-electron chi connectivity index (χ2n) is 4.82. The van der Waals surface area contributed by atoms with Crippen LogP contribution in [0.15, 0.2) is 58.6 Å². The third-order valence-electron chi connectivity index (χ3n) is 3.27. The number of benzene rings is 2. The molecule has 0 atom stereocenters. The second kappa shape index (κ2) is 6.14. The quantitative estimate of drug-likeness (QED) is 0.923. The van der Waals surface area contributed by atoms with Crippen LogP contribution >= 0.6 is 15.9 Å². The average molecular weight is 344 g/mol. The maximum Gasteiger partial charge on any atom is 0.251 e. The number of nitrogens with one attached hydrogen (secondary N) is 1. The Morgan fingerprint density at radius 3 is 2.71 bits per heavy atom. The van der Waals surface area contributed by atoms with Crippen LogP contribution in [-0.4, -0.2) is 19.1 Å². The topological polar surface area (TPSA) is 38.3 Å². The second-order valence-corrected chi connectivity index (χ2v) is 5.73. The highest BCUT2D eigenvalue weighted by Crippen LogP contribution is 2.25. The zero-order chi connectivity index (χ0) is 14.7. The third kappa shape index (κ3) is 3.34. The van der Waals surface area contributed by atoms with E-state index in [1.54, 1.807) is 12.1 Å². The molecule has 0 unspecified atom stereocenters. The predicted octanol–water partition coefficient (Wildman–Crippen LogP) is 3.65. The van der Waals surface area contributed by atoms with Gasteiger partial charge in [0.15, 0.2) is 0 Å². The van der Waals surface area contributed by atoms with Crippen molar-refractivity contribution in [1.29, 1.82) is 0 Å². The lowest BCUT2D eigenvalue weighted by Gasteiger charge is -2.18. The van der Waals surface area contributed by atoms with Crippen molar-refractivity contribution in [2.75, 3.05) is 13.2 Å². The normalized spacial score (nSPS) is 12.9. The summed E-state index contributed by atoms with van der Waals surface area (Å²) in [7, 11) is 0. The van der Waals surface area contributed by atoms with Gasteiger partial charge in [0.25, 0.3) is 5.91 Å². The molecular formula is C17H14BrNO2. The summed E-state index contributed by atoms with van der Waals surface area (Å²) in [6.45, 7) is 1.00. The minimum Gasteiger partial charge on any atom is -0.489 e. The number of fused-ring (bicyclic) bond motifs is 1. The van der Waals surface area contributed by atoms with Gasteiger partial charge in [-0.1, -0.05) is 34.1 Å². The van der Waals surface area contributed by atoms with Gasteiger partial charge in [-0.05, 0) is 42.0 Å². The summed E-state index contributed by atoms with van der Waals surface area (Å²) in [6, 6.07) is 15.2. The van der Waals surface area contributed by atoms with Crippen molar-refractivity contribution in [2.45, 2.75) is 0 Å². The minimum absolute atomic E-state index is 0.0812. The maximum absolute atomic E-state index is 12.0. The first-order chi connectivity index (χ1) is 10.2. The van der Waals surface area contributed by atoms with Gasteiger partial charge in [0.05, 0.1) is 0 Å². The van der Waals surface area contributed by atoms with E-state index in [1.807, 2.05) is 36.4 Å². The highest BCUT2D eigenvalue weighted by molar-refractivity contribution is 9.10. The van der Waals surface area contributed by atoms with Gasteiger partial charge < -0.3 is 10.1 Å². The number of amides is 1. The largest absolute Gasteiger partial charge is 0.489 e. The third-order valence-corrected chi connectivity index (χ3v) is 3.80. The summed E-state index contributed by atoms with van der Waals surface area (Å²) in [5.74, 6) is 0.808. The van der Waals surface area contributed by atoms with Gasteiger partial charge in [-0.3, -0.25) is 4.79 Å². The van der Waals surface area contributed by atoms with Crippen molar-refractivity contribution < 1.29 is 9.53 Å². The summed E-state index contributed by atoms with van der Waals surface area (Å²) < 4.78 is 6.62. The van der Waals surface area contributed by atoms with E-state index >= 15 is 0 Å². The molecule has 0 aliphatic carbocycles. The standard InChI is InChI=1S/C17H14BrNO2/c18-15-7-5-13(6-8-15)17(20)19-10-12-9-14-3-1-2-4-16(14)21-11-12/h1-9H,10-11H2,(H,19,20). The first-order valence-corrected chi connectivity index (χ1v) is 7.47. The van der Waals surface area contributed by atoms with E-state index in [0.717, 1.165) is 21.4 Å². The van der Waals surface area contributed by atoms with E-state index in [2.05, 4.69) is 27.3 Å². The number of halogens is 1. The number of hydrogen-bond acceptors (Lipinski definition) is 2. The Hall–Kier alpha value is -2.07. The Balaban J connectivity index is 1.65. The van der Waals surface area contributed by atoms with E-state index in [4.69, 9.17) is 4.74 Å². The van der Waals surface area contributed by atoms with Gasteiger partial charge >= 0.3 is 0 Å². The van der Waals surface area contributed by atoms with Crippen molar-refractivity contribution in [1.82, 2.24) is 5.32 Å². The Morgan fingerprint density at radius 2 is 1.90 bits per heavy atom. The average Bonchev–Trinajstić information content (AvgIpc) is 2.53. The molecule has 106 valence electrons. The van der Waals surface area contributed by atoms with Crippen LogP contribution in [0.2, 0.25) is 0 Å². The van der Waals surface area contributed by atoms with Crippen LogP contribution in [0.4, 0.5) is 0 Å². The molecule has 21 heavy (non-hydrogen) atoms. The number of ether oxygens (including phenoxy) is 1. The fraction of sp³-hybridized carbons (Fsp3) is 0.118. The molecule has 0 spiro atoms. The van der Waals surface area contributed by atoms with Gasteiger partial charge in [0.1, 0.15) is 12.4 Å². The Morgan fingerprint density at radius 1 is 1.14 bits per heavy atom. The van der Waals surface area contributed by atoms with Crippen LogP contribution in [0.1, 0.15) is 15.9 Å². The lowest BCUT2D eigenvalue weighted by Crippen LogP contribution is -2.27. The summed E-state index contributed by atoms with van der Waals surface area (Å²) in [5, 5.41) is 2.92. The molecule has 2 aromatic rings. The maximum atomic E-state index is 12.0. The van der Waals surface area contributed by atoms with Crippen molar-refractivity contribution >= 4 is 27.9 Å². The molecule has 0 saturated heterocycles. The fourth-order valence-electron chi connectivity index (χ4n) is 2.16. The molecule has 0 bridgehead atoms. The van der Waals surface area contributed by atoms with Crippen LogP contribution in [0, 0.1) is 0 Å². The molecule has 1 amide bonds. The van der Waals surface area contributed by atoms with Gasteiger partial charge in [-0.2, -0.15) is 0 Å². The molecule has 0 saturated carbocycles. The lowest BCUT2D eigenvalue weighted by atomic mass is 10.1. The predicted molar refractivity (Wildman–Crippen MR) is 86.4 cm³/mol. The number of carbonyl (C=O) groups is 1. The van der Waals surface area contributed by atoms with E-state index in [-0.39, 0.29) is 5.91 Å². The first kappa shape index (κ1) is 13.9. The van der Waals surface area contributed by atoms with E-state index < -0.39 is 0 Å². The highest BCUT2D eigenvalue weighted by Gasteiger charge is 2.12. The molecule has 1 aliphatic heterocycles. The summed E-state index contributed by atoms with van der Waals surface area (Å²) >= 11 is 3.35. The first-order valence-electron chi connectivity index (χ1n) is 6.67. The molecule has 3 rings (SSSR count). The SMILES string of the molecule is O=C(NCC1=Cc2ccccc2OC1)c1ccc(Br)cc1. The lowest BCUT2D eigenvalue weighted by molar-refractivity contribution is 0.0956. The molecule has 2 aromatic carbocycles. The van der Waals surface area contributed by atoms with Crippen molar-refractivity contribution in [3.8, 4) is 5.75 Å². The monoisotopic (exact) mass is 343 g/mol. The molecule has 4 heteroatoms. The van der Waals surface area contributed by atoms with Crippen LogP contribution in [0.3, 0.4) is 0 Å². The molecule has 3 nitrogen and oxygen atoms in total. The minimum atomic E-state index is -0.0812. The van der Waals surface area contributed by atoms with E-state index in [0.29, 0.717) is 18.7 Å². The smallest absolute Gasteiger partial charge is 0.251 e. The van der Waals surface area contributed by atoms with Gasteiger partial charge in [-0.15, -0.1) is 0 Å². The molecule has 1 aliphatic rings. The van der Waals surface area contributed by atoms with Crippen LogP contribution in [0.5, 0.6) is 5.75 Å². The number of para-hydroxylation sites is 1. The van der Waals surface area contributed by atoms with Gasteiger partial charge in [0, 0.05) is 22.1 Å².